The minimum atomic E-state index is 0. The second-order valence-electron chi connectivity index (χ2n) is 4.54. The fourth-order valence-corrected chi connectivity index (χ4v) is 1.90. The van der Waals surface area contributed by atoms with E-state index in [1.165, 1.54) is 5.56 Å². The smallest absolute Gasteiger partial charge is 0.193 e. The second-order valence-corrected chi connectivity index (χ2v) is 4.94. The molecule has 0 aromatic heterocycles. The molecule has 0 unspecified atom stereocenters. The van der Waals surface area contributed by atoms with Crippen molar-refractivity contribution in [2.24, 2.45) is 10.7 Å². The zero-order chi connectivity index (χ0) is 15.1. The molecule has 0 saturated carbocycles. The van der Waals surface area contributed by atoms with Crippen molar-refractivity contribution in [2.75, 3.05) is 18.5 Å². The Morgan fingerprint density at radius 3 is 2.55 bits per heavy atom. The van der Waals surface area contributed by atoms with Crippen molar-refractivity contribution in [1.82, 2.24) is 0 Å². The van der Waals surface area contributed by atoms with Crippen LogP contribution in [0, 0.1) is 6.92 Å². The molecule has 0 aliphatic rings. The van der Waals surface area contributed by atoms with E-state index in [4.69, 9.17) is 22.1 Å². The van der Waals surface area contributed by atoms with Gasteiger partial charge in [0.1, 0.15) is 12.4 Å². The van der Waals surface area contributed by atoms with Gasteiger partial charge in [-0.05, 0) is 31.2 Å². The maximum atomic E-state index is 5.99. The third-order valence-corrected chi connectivity index (χ3v) is 3.10. The lowest BCUT2D eigenvalue weighted by Crippen LogP contribution is -2.23. The maximum absolute atomic E-state index is 5.99. The lowest BCUT2D eigenvalue weighted by molar-refractivity contribution is 0.329. The number of hydrogen-bond donors (Lipinski definition) is 2. The van der Waals surface area contributed by atoms with E-state index in [0.29, 0.717) is 29.9 Å². The van der Waals surface area contributed by atoms with Gasteiger partial charge in [-0.2, -0.15) is 0 Å². The first-order valence-electron chi connectivity index (χ1n) is 6.66. The lowest BCUT2D eigenvalue weighted by atomic mass is 10.2. The van der Waals surface area contributed by atoms with Gasteiger partial charge < -0.3 is 15.8 Å². The highest BCUT2D eigenvalue weighted by molar-refractivity contribution is 14.0. The summed E-state index contributed by atoms with van der Waals surface area (Å²) in [5.41, 5.74) is 7.92. The Balaban J connectivity index is 0.00000242. The molecule has 0 spiro atoms. The summed E-state index contributed by atoms with van der Waals surface area (Å²) in [5, 5.41) is 3.62. The summed E-state index contributed by atoms with van der Waals surface area (Å²) in [6.45, 7) is 2.91. The van der Waals surface area contributed by atoms with E-state index in [1.54, 1.807) is 6.07 Å². The van der Waals surface area contributed by atoms with Crippen LogP contribution in [0.1, 0.15) is 5.56 Å². The lowest BCUT2D eigenvalue weighted by Gasteiger charge is -2.07. The van der Waals surface area contributed by atoms with Crippen molar-refractivity contribution in [2.45, 2.75) is 6.92 Å². The largest absolute Gasteiger partial charge is 0.490 e. The number of nitrogens with two attached hydrogens (primary N) is 1. The normalized spacial score (nSPS) is 10.7. The van der Waals surface area contributed by atoms with Crippen LogP contribution < -0.4 is 15.8 Å². The predicted octanol–water partition coefficient (Wildman–Crippen LogP) is 4.07. The number of nitrogens with one attached hydrogen (secondary N) is 1. The molecule has 22 heavy (non-hydrogen) atoms. The van der Waals surface area contributed by atoms with E-state index >= 15 is 0 Å². The summed E-state index contributed by atoms with van der Waals surface area (Å²) in [5.74, 6) is 1.01. The van der Waals surface area contributed by atoms with Gasteiger partial charge in [0.2, 0.25) is 0 Å². The van der Waals surface area contributed by atoms with E-state index in [2.05, 4.69) is 10.3 Å². The average molecular weight is 432 g/mol. The number of para-hydroxylation sites is 1. The molecule has 6 heteroatoms. The molecular formula is C16H19ClIN3O. The monoisotopic (exact) mass is 431 g/mol. The van der Waals surface area contributed by atoms with E-state index in [9.17, 15) is 0 Å². The van der Waals surface area contributed by atoms with E-state index in [0.717, 1.165) is 5.69 Å². The average Bonchev–Trinajstić information content (AvgIpc) is 2.48. The maximum Gasteiger partial charge on any atom is 0.193 e. The third kappa shape index (κ3) is 6.11. The first-order valence-corrected chi connectivity index (χ1v) is 7.04. The van der Waals surface area contributed by atoms with Crippen LogP contribution in [-0.2, 0) is 0 Å². The van der Waals surface area contributed by atoms with Gasteiger partial charge in [0.15, 0.2) is 5.96 Å². The van der Waals surface area contributed by atoms with Gasteiger partial charge in [-0.1, -0.05) is 41.4 Å². The molecule has 0 heterocycles. The van der Waals surface area contributed by atoms with Crippen LogP contribution in [-0.4, -0.2) is 19.1 Å². The van der Waals surface area contributed by atoms with Crippen LogP contribution in [0.15, 0.2) is 53.5 Å². The summed E-state index contributed by atoms with van der Waals surface area (Å²) in [6, 6.07) is 15.3. The van der Waals surface area contributed by atoms with E-state index < -0.39 is 0 Å². The Hall–Kier alpha value is -1.47. The Bertz CT molecular complexity index is 617. The highest BCUT2D eigenvalue weighted by Gasteiger charge is 1.99. The quantitative estimate of drug-likeness (QED) is 0.325. The zero-order valence-electron chi connectivity index (χ0n) is 12.3. The summed E-state index contributed by atoms with van der Waals surface area (Å²) in [4.78, 5) is 4.20. The summed E-state index contributed by atoms with van der Waals surface area (Å²) in [7, 11) is 0. The number of aliphatic imine (C=N–C) groups is 1. The zero-order valence-corrected chi connectivity index (χ0v) is 15.3. The van der Waals surface area contributed by atoms with Gasteiger partial charge in [0, 0.05) is 5.69 Å². The molecule has 0 radical (unpaired) electrons. The highest BCUT2D eigenvalue weighted by Crippen LogP contribution is 2.22. The van der Waals surface area contributed by atoms with Gasteiger partial charge in [-0.25, -0.2) is 4.99 Å². The van der Waals surface area contributed by atoms with Crippen LogP contribution in [0.25, 0.3) is 0 Å². The molecule has 0 saturated heterocycles. The van der Waals surface area contributed by atoms with Crippen molar-refractivity contribution in [1.29, 1.82) is 0 Å². The second kappa shape index (κ2) is 9.53. The molecule has 0 amide bonds. The molecule has 0 aliphatic carbocycles. The minimum absolute atomic E-state index is 0. The standard InChI is InChI=1S/C16H18ClN3O.HI/c1-12-6-8-13(9-7-12)20-16(18)19-10-11-21-15-5-3-2-4-14(15)17;/h2-9H,10-11H2,1H3,(H3,18,19,20);1H. The summed E-state index contributed by atoms with van der Waals surface area (Å²) in [6.07, 6.45) is 0. The van der Waals surface area contributed by atoms with Crippen LogP contribution in [0.5, 0.6) is 5.75 Å². The molecule has 2 aromatic carbocycles. The van der Waals surface area contributed by atoms with Gasteiger partial charge in [-0.3, -0.25) is 0 Å². The van der Waals surface area contributed by atoms with Crippen LogP contribution in [0.4, 0.5) is 5.69 Å². The highest BCUT2D eigenvalue weighted by atomic mass is 127. The first kappa shape index (κ1) is 18.6. The molecule has 4 nitrogen and oxygen atoms in total. The van der Waals surface area contributed by atoms with Crippen LogP contribution >= 0.6 is 35.6 Å². The van der Waals surface area contributed by atoms with Crippen molar-refractivity contribution >= 4 is 47.2 Å². The topological polar surface area (TPSA) is 59.6 Å². The number of rotatable bonds is 5. The number of ether oxygens (including phenoxy) is 1. The number of benzene rings is 2. The fraction of sp³-hybridized carbons (Fsp3) is 0.188. The SMILES string of the molecule is Cc1ccc(NC(N)=NCCOc2ccccc2Cl)cc1.I. The fourth-order valence-electron chi connectivity index (χ4n) is 1.71. The van der Waals surface area contributed by atoms with Gasteiger partial charge >= 0.3 is 0 Å². The molecule has 2 aromatic rings. The summed E-state index contributed by atoms with van der Waals surface area (Å²) >= 11 is 5.99. The van der Waals surface area contributed by atoms with Gasteiger partial charge in [0.05, 0.1) is 11.6 Å². The van der Waals surface area contributed by atoms with E-state index in [-0.39, 0.29) is 24.0 Å². The van der Waals surface area contributed by atoms with Crippen molar-refractivity contribution in [3.8, 4) is 5.75 Å². The molecule has 118 valence electrons. The molecule has 2 rings (SSSR count). The molecule has 3 N–H and O–H groups in total. The first-order chi connectivity index (χ1) is 10.1. The Morgan fingerprint density at radius 2 is 1.86 bits per heavy atom. The van der Waals surface area contributed by atoms with Crippen LogP contribution in [0.2, 0.25) is 5.02 Å². The number of aryl methyl sites for hydroxylation is 1. The van der Waals surface area contributed by atoms with Crippen molar-refractivity contribution < 1.29 is 4.74 Å². The number of anilines is 1. The molecule has 0 atom stereocenters. The van der Waals surface area contributed by atoms with Crippen molar-refractivity contribution in [3.05, 3.63) is 59.1 Å². The van der Waals surface area contributed by atoms with Gasteiger partial charge in [-0.15, -0.1) is 24.0 Å². The predicted molar refractivity (Wildman–Crippen MR) is 104 cm³/mol. The summed E-state index contributed by atoms with van der Waals surface area (Å²) < 4.78 is 5.53. The Labute approximate surface area is 152 Å². The Kier molecular flexibility index (Phi) is 8.05. The molecule has 0 aliphatic heterocycles. The molecule has 0 bridgehead atoms. The van der Waals surface area contributed by atoms with Crippen molar-refractivity contribution in [3.63, 3.8) is 0 Å². The number of halogens is 2. The third-order valence-electron chi connectivity index (χ3n) is 2.79. The van der Waals surface area contributed by atoms with E-state index in [1.807, 2.05) is 49.4 Å². The molecule has 0 fully saturated rings. The number of guanidine groups is 1. The Morgan fingerprint density at radius 1 is 1.18 bits per heavy atom. The molecular weight excluding hydrogens is 413 g/mol. The number of hydrogen-bond acceptors (Lipinski definition) is 2. The minimum Gasteiger partial charge on any atom is -0.490 e. The van der Waals surface area contributed by atoms with Gasteiger partial charge in [0.25, 0.3) is 0 Å². The van der Waals surface area contributed by atoms with Crippen LogP contribution in [0.3, 0.4) is 0 Å². The number of nitrogens with zero attached hydrogens (tertiary/aromatic N) is 1.